The monoisotopic (exact) mass is 314 g/mol. The first kappa shape index (κ1) is 14.7. The summed E-state index contributed by atoms with van der Waals surface area (Å²) in [7, 11) is 1.74. The van der Waals surface area contributed by atoms with Gasteiger partial charge in [0.2, 0.25) is 0 Å². The maximum atomic E-state index is 11.1. The number of carboxylic acids is 1. The molecule has 0 atom stereocenters. The summed E-state index contributed by atoms with van der Waals surface area (Å²) in [4.78, 5) is 11.1. The number of carbonyl (C=O) groups is 1. The Balaban J connectivity index is 2.27. The molecule has 20 heavy (non-hydrogen) atoms. The largest absolute Gasteiger partial charge is 0.486 e. The molecule has 1 N–H and O–H groups in total. The van der Waals surface area contributed by atoms with Gasteiger partial charge in [-0.15, -0.1) is 0 Å². The normalized spacial score (nSPS) is 10.6. The summed E-state index contributed by atoms with van der Waals surface area (Å²) in [5.74, 6) is -0.885. The van der Waals surface area contributed by atoms with Crippen LogP contribution in [0.3, 0.4) is 0 Å². The zero-order valence-electron chi connectivity index (χ0n) is 10.9. The Morgan fingerprint density at radius 1 is 1.45 bits per heavy atom. The lowest BCUT2D eigenvalue weighted by Gasteiger charge is -2.10. The molecule has 0 aliphatic heterocycles. The summed E-state index contributed by atoms with van der Waals surface area (Å²) in [5.41, 5.74) is 1.40. The zero-order valence-corrected chi connectivity index (χ0v) is 12.4. The van der Waals surface area contributed by atoms with Gasteiger partial charge in [0.1, 0.15) is 17.9 Å². The van der Waals surface area contributed by atoms with Crippen LogP contribution < -0.4 is 4.74 Å². The first-order chi connectivity index (χ1) is 9.40. The summed E-state index contributed by atoms with van der Waals surface area (Å²) >= 11 is 12.0. The molecule has 7 heteroatoms. The van der Waals surface area contributed by atoms with Crippen molar-refractivity contribution in [3.05, 3.63) is 45.2 Å². The molecule has 2 rings (SSSR count). The highest BCUT2D eigenvalue weighted by molar-refractivity contribution is 6.32. The molecule has 106 valence electrons. The highest BCUT2D eigenvalue weighted by Crippen LogP contribution is 2.26. The Kier molecular flexibility index (Phi) is 4.20. The minimum Gasteiger partial charge on any atom is -0.486 e. The molecule has 0 saturated carbocycles. The van der Waals surface area contributed by atoms with Crippen molar-refractivity contribution >= 4 is 29.2 Å². The number of ether oxygens (including phenoxy) is 1. The van der Waals surface area contributed by atoms with E-state index in [0.29, 0.717) is 21.4 Å². The van der Waals surface area contributed by atoms with Gasteiger partial charge in [0.15, 0.2) is 0 Å². The van der Waals surface area contributed by atoms with Gasteiger partial charge in [0.25, 0.3) is 0 Å². The van der Waals surface area contributed by atoms with Crippen LogP contribution >= 0.6 is 23.2 Å². The van der Waals surface area contributed by atoms with E-state index in [1.165, 1.54) is 18.2 Å². The minimum atomic E-state index is -1.08. The summed E-state index contributed by atoms with van der Waals surface area (Å²) < 4.78 is 7.13. The van der Waals surface area contributed by atoms with E-state index in [1.807, 2.05) is 0 Å². The molecular formula is C13H12Cl2N2O3. The van der Waals surface area contributed by atoms with Crippen LogP contribution in [0.25, 0.3) is 0 Å². The van der Waals surface area contributed by atoms with Crippen molar-refractivity contribution in [1.82, 2.24) is 9.78 Å². The third kappa shape index (κ3) is 2.89. The molecule has 0 saturated heterocycles. The fourth-order valence-electron chi connectivity index (χ4n) is 1.78. The molecule has 1 aromatic carbocycles. The fourth-order valence-corrected chi connectivity index (χ4v) is 2.15. The highest BCUT2D eigenvalue weighted by atomic mass is 35.5. The van der Waals surface area contributed by atoms with E-state index >= 15 is 0 Å². The van der Waals surface area contributed by atoms with Gasteiger partial charge in [-0.05, 0) is 25.1 Å². The van der Waals surface area contributed by atoms with E-state index in [0.717, 1.165) is 0 Å². The minimum absolute atomic E-state index is 0.0458. The quantitative estimate of drug-likeness (QED) is 0.940. The lowest BCUT2D eigenvalue weighted by Crippen LogP contribution is -2.07. The molecule has 2 aromatic rings. The molecule has 0 fully saturated rings. The Morgan fingerprint density at radius 2 is 2.15 bits per heavy atom. The fraction of sp³-hybridized carbons (Fsp3) is 0.231. The van der Waals surface area contributed by atoms with Crippen molar-refractivity contribution in [2.45, 2.75) is 13.5 Å². The van der Waals surface area contributed by atoms with Crippen molar-refractivity contribution < 1.29 is 14.6 Å². The first-order valence-corrected chi connectivity index (χ1v) is 6.49. The molecule has 0 bridgehead atoms. The number of aromatic nitrogens is 2. The second-order valence-electron chi connectivity index (χ2n) is 4.20. The predicted octanol–water partition coefficient (Wildman–Crippen LogP) is 3.31. The molecular weight excluding hydrogens is 303 g/mol. The van der Waals surface area contributed by atoms with Crippen molar-refractivity contribution in [1.29, 1.82) is 0 Å². The van der Waals surface area contributed by atoms with Gasteiger partial charge < -0.3 is 9.84 Å². The summed E-state index contributed by atoms with van der Waals surface area (Å²) in [5, 5.41) is 14.2. The Hall–Kier alpha value is -1.72. The number of carboxylic acid groups (broad SMARTS) is 1. The molecule has 1 heterocycles. The summed E-state index contributed by atoms with van der Waals surface area (Å²) in [6, 6.07) is 4.36. The van der Waals surface area contributed by atoms with Gasteiger partial charge in [-0.25, -0.2) is 4.79 Å². The number of hydrogen-bond acceptors (Lipinski definition) is 3. The third-order valence-electron chi connectivity index (χ3n) is 2.80. The van der Waals surface area contributed by atoms with E-state index in [2.05, 4.69) is 5.10 Å². The third-order valence-corrected chi connectivity index (χ3v) is 3.53. The lowest BCUT2D eigenvalue weighted by molar-refractivity contribution is 0.0691. The molecule has 0 spiro atoms. The van der Waals surface area contributed by atoms with Gasteiger partial charge in [0, 0.05) is 12.1 Å². The van der Waals surface area contributed by atoms with Gasteiger partial charge in [-0.3, -0.25) is 4.68 Å². The van der Waals surface area contributed by atoms with E-state index in [-0.39, 0.29) is 17.9 Å². The van der Waals surface area contributed by atoms with Crippen LogP contribution in [0.5, 0.6) is 5.75 Å². The Bertz CT molecular complexity index is 668. The number of rotatable bonds is 4. The molecule has 1 aromatic heterocycles. The van der Waals surface area contributed by atoms with E-state index in [1.54, 1.807) is 18.7 Å². The molecule has 5 nitrogen and oxygen atoms in total. The van der Waals surface area contributed by atoms with Crippen molar-refractivity contribution in [2.24, 2.45) is 7.05 Å². The van der Waals surface area contributed by atoms with E-state index in [9.17, 15) is 4.79 Å². The predicted molar refractivity (Wildman–Crippen MR) is 75.7 cm³/mol. The molecule has 0 amide bonds. The average molecular weight is 315 g/mol. The maximum Gasteiger partial charge on any atom is 0.339 e. The molecule has 0 aliphatic carbocycles. The van der Waals surface area contributed by atoms with Crippen molar-refractivity contribution in [2.75, 3.05) is 0 Å². The van der Waals surface area contributed by atoms with Crippen molar-refractivity contribution in [3.63, 3.8) is 0 Å². The number of benzene rings is 1. The van der Waals surface area contributed by atoms with Crippen molar-refractivity contribution in [3.8, 4) is 5.75 Å². The topological polar surface area (TPSA) is 64.4 Å². The van der Waals surface area contributed by atoms with Crippen LogP contribution in [0.4, 0.5) is 0 Å². The summed E-state index contributed by atoms with van der Waals surface area (Å²) in [6.45, 7) is 1.89. The maximum absolute atomic E-state index is 11.1. The van der Waals surface area contributed by atoms with Gasteiger partial charge in [0.05, 0.1) is 16.4 Å². The Labute approximate surface area is 125 Å². The van der Waals surface area contributed by atoms with Gasteiger partial charge in [-0.1, -0.05) is 23.2 Å². The van der Waals surface area contributed by atoms with Crippen LogP contribution in [-0.2, 0) is 13.7 Å². The van der Waals surface area contributed by atoms with Crippen LogP contribution in [0.15, 0.2) is 18.2 Å². The number of hydrogen-bond donors (Lipinski definition) is 1. The zero-order chi connectivity index (χ0) is 14.9. The SMILES string of the molecule is Cc1nn(C)c(COc2cc(Cl)ccc2C(=O)O)c1Cl. The van der Waals surface area contributed by atoms with Crippen LogP contribution in [0.1, 0.15) is 21.7 Å². The second-order valence-corrected chi connectivity index (χ2v) is 5.02. The number of aromatic carboxylic acids is 1. The number of nitrogens with zero attached hydrogens (tertiary/aromatic N) is 2. The van der Waals surface area contributed by atoms with Crippen LogP contribution in [0, 0.1) is 6.92 Å². The standard InChI is InChI=1S/C13H12Cl2N2O3/c1-7-12(15)10(17(2)16-7)6-20-11-5-8(14)3-4-9(11)13(18)19/h3-5H,6H2,1-2H3,(H,18,19). The van der Waals surface area contributed by atoms with Gasteiger partial charge in [-0.2, -0.15) is 5.10 Å². The lowest BCUT2D eigenvalue weighted by atomic mass is 10.2. The second kappa shape index (κ2) is 5.73. The first-order valence-electron chi connectivity index (χ1n) is 5.73. The van der Waals surface area contributed by atoms with Crippen LogP contribution in [0.2, 0.25) is 10.0 Å². The smallest absolute Gasteiger partial charge is 0.339 e. The molecule has 0 unspecified atom stereocenters. The Morgan fingerprint density at radius 3 is 2.70 bits per heavy atom. The van der Waals surface area contributed by atoms with Gasteiger partial charge >= 0.3 is 5.97 Å². The highest BCUT2D eigenvalue weighted by Gasteiger charge is 2.15. The molecule has 0 aliphatic rings. The molecule has 0 radical (unpaired) electrons. The number of aryl methyl sites for hydroxylation is 2. The van der Waals surface area contributed by atoms with E-state index in [4.69, 9.17) is 33.0 Å². The summed E-state index contributed by atoms with van der Waals surface area (Å²) in [6.07, 6.45) is 0. The number of halogens is 2. The average Bonchev–Trinajstić information content (AvgIpc) is 2.61. The van der Waals surface area contributed by atoms with Crippen LogP contribution in [-0.4, -0.2) is 20.9 Å². The van der Waals surface area contributed by atoms with E-state index < -0.39 is 5.97 Å².